The Morgan fingerprint density at radius 1 is 1.29 bits per heavy atom. The molecular formula is C20H27N3O4S. The molecular weight excluding hydrogens is 378 g/mol. The lowest BCUT2D eigenvalue weighted by atomic mass is 10.0. The molecule has 1 aromatic heterocycles. The van der Waals surface area contributed by atoms with Crippen molar-refractivity contribution in [2.45, 2.75) is 30.9 Å². The summed E-state index contributed by atoms with van der Waals surface area (Å²) in [5, 5.41) is 12.7. The number of nitrogens with zero attached hydrogens (tertiary/aromatic N) is 2. The van der Waals surface area contributed by atoms with E-state index in [2.05, 4.69) is 10.3 Å². The third-order valence-electron chi connectivity index (χ3n) is 5.09. The molecule has 3 atom stereocenters. The van der Waals surface area contributed by atoms with E-state index in [9.17, 15) is 13.5 Å². The minimum absolute atomic E-state index is 0.0612. The summed E-state index contributed by atoms with van der Waals surface area (Å²) in [7, 11) is -1.97. The molecule has 2 aromatic rings. The van der Waals surface area contributed by atoms with Crippen LogP contribution in [-0.4, -0.2) is 61.7 Å². The van der Waals surface area contributed by atoms with Crippen LogP contribution in [0, 0.1) is 5.92 Å². The summed E-state index contributed by atoms with van der Waals surface area (Å²) in [5.74, 6) is 0.269. The van der Waals surface area contributed by atoms with Gasteiger partial charge in [0.15, 0.2) is 0 Å². The van der Waals surface area contributed by atoms with Crippen LogP contribution in [0.15, 0.2) is 47.6 Å². The molecule has 0 fully saturated rings. The molecule has 0 radical (unpaired) electrons. The maximum Gasteiger partial charge on any atom is 0.247 e. The lowest BCUT2D eigenvalue weighted by molar-refractivity contribution is 0.103. The fraction of sp³-hybridized carbons (Fsp3) is 0.450. The second kappa shape index (κ2) is 8.57. The number of sulfonamides is 1. The van der Waals surface area contributed by atoms with E-state index in [0.717, 1.165) is 11.1 Å². The molecule has 1 aliphatic rings. The molecule has 152 valence electrons. The Morgan fingerprint density at radius 3 is 2.64 bits per heavy atom. The minimum atomic E-state index is -3.81. The van der Waals surface area contributed by atoms with Gasteiger partial charge < -0.3 is 15.2 Å². The summed E-state index contributed by atoms with van der Waals surface area (Å²) in [6.45, 7) is 4.30. The average molecular weight is 406 g/mol. The fourth-order valence-electron chi connectivity index (χ4n) is 3.39. The zero-order valence-electron chi connectivity index (χ0n) is 16.4. The first-order valence-corrected chi connectivity index (χ1v) is 10.8. The third kappa shape index (κ3) is 4.05. The second-order valence-corrected chi connectivity index (χ2v) is 9.05. The Labute approximate surface area is 166 Å². The largest absolute Gasteiger partial charge is 0.487 e. The number of benzene rings is 1. The van der Waals surface area contributed by atoms with E-state index in [-0.39, 0.29) is 30.1 Å². The van der Waals surface area contributed by atoms with Crippen molar-refractivity contribution in [3.8, 4) is 16.9 Å². The van der Waals surface area contributed by atoms with Crippen molar-refractivity contribution < 1.29 is 18.3 Å². The van der Waals surface area contributed by atoms with E-state index in [4.69, 9.17) is 4.74 Å². The lowest BCUT2D eigenvalue weighted by Crippen LogP contribution is -2.49. The van der Waals surface area contributed by atoms with Crippen molar-refractivity contribution in [2.24, 2.45) is 5.92 Å². The number of hydrogen-bond donors (Lipinski definition) is 2. The predicted octanol–water partition coefficient (Wildman–Crippen LogP) is 1.74. The Hall–Kier alpha value is -2.00. The minimum Gasteiger partial charge on any atom is -0.487 e. The van der Waals surface area contributed by atoms with Crippen molar-refractivity contribution in [3.05, 3.63) is 42.7 Å². The molecule has 1 aromatic carbocycles. The zero-order valence-corrected chi connectivity index (χ0v) is 17.2. The normalized spacial score (nSPS) is 23.1. The molecule has 0 spiro atoms. The number of aromatic nitrogens is 1. The number of rotatable bonds is 5. The van der Waals surface area contributed by atoms with E-state index in [1.54, 1.807) is 37.5 Å². The maximum absolute atomic E-state index is 13.3. The number of fused-ring (bicyclic) bond motifs is 1. The molecule has 0 bridgehead atoms. The van der Waals surface area contributed by atoms with Gasteiger partial charge in [-0.2, -0.15) is 4.31 Å². The molecule has 0 aliphatic carbocycles. The topological polar surface area (TPSA) is 91.8 Å². The van der Waals surface area contributed by atoms with Gasteiger partial charge in [-0.15, -0.1) is 0 Å². The first-order chi connectivity index (χ1) is 13.4. The van der Waals surface area contributed by atoms with Crippen molar-refractivity contribution in [1.29, 1.82) is 0 Å². The predicted molar refractivity (Wildman–Crippen MR) is 108 cm³/mol. The van der Waals surface area contributed by atoms with Gasteiger partial charge in [-0.1, -0.05) is 13.0 Å². The van der Waals surface area contributed by atoms with E-state index in [1.807, 2.05) is 26.1 Å². The number of pyridine rings is 1. The van der Waals surface area contributed by atoms with E-state index in [0.29, 0.717) is 12.3 Å². The highest BCUT2D eigenvalue weighted by Crippen LogP contribution is 2.36. The molecule has 0 saturated heterocycles. The molecule has 0 amide bonds. The highest BCUT2D eigenvalue weighted by Gasteiger charge is 2.37. The Morgan fingerprint density at radius 2 is 2.00 bits per heavy atom. The molecule has 7 nitrogen and oxygen atoms in total. The first-order valence-electron chi connectivity index (χ1n) is 9.37. The number of nitrogens with one attached hydrogen (secondary N) is 1. The maximum atomic E-state index is 13.3. The van der Waals surface area contributed by atoms with Gasteiger partial charge in [0.2, 0.25) is 10.0 Å². The van der Waals surface area contributed by atoms with Gasteiger partial charge in [-0.3, -0.25) is 4.98 Å². The Bertz CT molecular complexity index is 905. The SMILES string of the molecule is CNC[C@H]1Oc2cc(-c3ccncc3)ccc2S(=O)(=O)N([C@H](C)CO)C[C@@H]1C. The van der Waals surface area contributed by atoms with Crippen molar-refractivity contribution in [1.82, 2.24) is 14.6 Å². The number of likely N-dealkylation sites (N-methyl/N-ethyl adjacent to an activating group) is 1. The molecule has 2 heterocycles. The highest BCUT2D eigenvalue weighted by molar-refractivity contribution is 7.89. The average Bonchev–Trinajstić information content (AvgIpc) is 2.70. The smallest absolute Gasteiger partial charge is 0.247 e. The number of aliphatic hydroxyl groups is 1. The summed E-state index contributed by atoms with van der Waals surface area (Å²) in [6.07, 6.45) is 3.18. The monoisotopic (exact) mass is 405 g/mol. The van der Waals surface area contributed by atoms with Crippen LogP contribution in [0.2, 0.25) is 0 Å². The summed E-state index contributed by atoms with van der Waals surface area (Å²) in [6, 6.07) is 8.34. The van der Waals surface area contributed by atoms with Crippen LogP contribution in [0.4, 0.5) is 0 Å². The molecule has 1 aliphatic heterocycles. The lowest BCUT2D eigenvalue weighted by Gasteiger charge is -2.36. The van der Waals surface area contributed by atoms with Crippen LogP contribution in [-0.2, 0) is 10.0 Å². The van der Waals surface area contributed by atoms with Crippen LogP contribution in [0.1, 0.15) is 13.8 Å². The van der Waals surface area contributed by atoms with Crippen molar-refractivity contribution in [3.63, 3.8) is 0 Å². The van der Waals surface area contributed by atoms with E-state index < -0.39 is 16.1 Å². The molecule has 8 heteroatoms. The quantitative estimate of drug-likeness (QED) is 0.787. The summed E-state index contributed by atoms with van der Waals surface area (Å²) < 4.78 is 34.3. The highest BCUT2D eigenvalue weighted by atomic mass is 32.2. The van der Waals surface area contributed by atoms with Crippen LogP contribution in [0.3, 0.4) is 0 Å². The van der Waals surface area contributed by atoms with E-state index >= 15 is 0 Å². The van der Waals surface area contributed by atoms with Crippen molar-refractivity contribution >= 4 is 10.0 Å². The van der Waals surface area contributed by atoms with Gasteiger partial charge in [0, 0.05) is 37.4 Å². The third-order valence-corrected chi connectivity index (χ3v) is 7.11. The summed E-state index contributed by atoms with van der Waals surface area (Å²) >= 11 is 0. The first kappa shape index (κ1) is 20.7. The molecule has 3 rings (SSSR count). The van der Waals surface area contributed by atoms with Gasteiger partial charge in [-0.25, -0.2) is 8.42 Å². The standard InChI is InChI=1S/C20H27N3O4S/c1-14-12-23(15(2)13-24)28(25,26)20-5-4-17(16-6-8-22-9-7-16)10-18(20)27-19(14)11-21-3/h4-10,14-15,19,21,24H,11-13H2,1-3H3/t14-,15+,19+/m0/s1. The van der Waals surface area contributed by atoms with E-state index in [1.165, 1.54) is 4.31 Å². The van der Waals surface area contributed by atoms with Gasteiger partial charge in [0.1, 0.15) is 16.7 Å². The van der Waals surface area contributed by atoms with Crippen LogP contribution in [0.25, 0.3) is 11.1 Å². The second-order valence-electron chi connectivity index (χ2n) is 7.19. The van der Waals surface area contributed by atoms with Crippen LogP contribution in [0.5, 0.6) is 5.75 Å². The van der Waals surface area contributed by atoms with Gasteiger partial charge in [0.05, 0.1) is 6.61 Å². The Balaban J connectivity index is 2.14. The van der Waals surface area contributed by atoms with Gasteiger partial charge >= 0.3 is 0 Å². The summed E-state index contributed by atoms with van der Waals surface area (Å²) in [5.41, 5.74) is 1.79. The van der Waals surface area contributed by atoms with Gasteiger partial charge in [0.25, 0.3) is 0 Å². The molecule has 2 N–H and O–H groups in total. The van der Waals surface area contributed by atoms with Crippen LogP contribution >= 0.6 is 0 Å². The molecule has 0 saturated carbocycles. The van der Waals surface area contributed by atoms with Crippen molar-refractivity contribution in [2.75, 3.05) is 26.7 Å². The van der Waals surface area contributed by atoms with Gasteiger partial charge in [-0.05, 0) is 49.4 Å². The Kier molecular flexibility index (Phi) is 6.34. The number of aliphatic hydroxyl groups excluding tert-OH is 1. The van der Waals surface area contributed by atoms with Crippen LogP contribution < -0.4 is 10.1 Å². The summed E-state index contributed by atoms with van der Waals surface area (Å²) in [4.78, 5) is 4.15. The molecule has 28 heavy (non-hydrogen) atoms. The fourth-order valence-corrected chi connectivity index (χ4v) is 5.22. The molecule has 0 unspecified atom stereocenters. The zero-order chi connectivity index (χ0) is 20.3. The number of ether oxygens (including phenoxy) is 1. The number of hydrogen-bond acceptors (Lipinski definition) is 6.